The fourth-order valence-electron chi connectivity index (χ4n) is 3.21. The molecule has 1 unspecified atom stereocenters. The molecule has 1 saturated heterocycles. The second kappa shape index (κ2) is 8.10. The summed E-state index contributed by atoms with van der Waals surface area (Å²) >= 11 is 0. The van der Waals surface area contributed by atoms with E-state index in [-0.39, 0.29) is 5.91 Å². The van der Waals surface area contributed by atoms with E-state index in [1.54, 1.807) is 13.0 Å². The SMILES string of the molecule is Cc1cc(C(=O)NCC2CCCN(CCCn3cccn3)C2)no1. The molecule has 2 aromatic heterocycles. The van der Waals surface area contributed by atoms with Crippen LogP contribution in [0.4, 0.5) is 0 Å². The zero-order chi connectivity index (χ0) is 16.8. The van der Waals surface area contributed by atoms with Crippen molar-refractivity contribution in [3.8, 4) is 0 Å². The summed E-state index contributed by atoms with van der Waals surface area (Å²) in [5.74, 6) is 1.00. The first-order valence-electron chi connectivity index (χ1n) is 8.62. The lowest BCUT2D eigenvalue weighted by Crippen LogP contribution is -2.41. The van der Waals surface area contributed by atoms with E-state index in [1.165, 1.54) is 6.42 Å². The number of aryl methyl sites for hydroxylation is 2. The lowest BCUT2D eigenvalue weighted by atomic mass is 9.98. The third kappa shape index (κ3) is 4.67. The number of hydrogen-bond acceptors (Lipinski definition) is 5. The van der Waals surface area contributed by atoms with Crippen LogP contribution in [0.15, 0.2) is 29.0 Å². The number of carbonyl (C=O) groups excluding carboxylic acids is 1. The minimum Gasteiger partial charge on any atom is -0.361 e. The average Bonchev–Trinajstić information content (AvgIpc) is 3.25. The molecule has 7 nitrogen and oxygen atoms in total. The summed E-state index contributed by atoms with van der Waals surface area (Å²) in [5, 5.41) is 11.0. The second-order valence-corrected chi connectivity index (χ2v) is 6.46. The maximum Gasteiger partial charge on any atom is 0.273 e. The largest absolute Gasteiger partial charge is 0.361 e. The van der Waals surface area contributed by atoms with Gasteiger partial charge in [0.2, 0.25) is 0 Å². The molecule has 0 aromatic carbocycles. The van der Waals surface area contributed by atoms with Crippen molar-refractivity contribution in [2.24, 2.45) is 5.92 Å². The number of likely N-dealkylation sites (tertiary alicyclic amines) is 1. The Kier molecular flexibility index (Phi) is 5.63. The molecule has 1 N–H and O–H groups in total. The first-order chi connectivity index (χ1) is 11.7. The van der Waals surface area contributed by atoms with E-state index in [0.29, 0.717) is 23.9 Å². The van der Waals surface area contributed by atoms with Crippen molar-refractivity contribution < 1.29 is 9.32 Å². The Labute approximate surface area is 142 Å². The highest BCUT2D eigenvalue weighted by atomic mass is 16.5. The van der Waals surface area contributed by atoms with Crippen LogP contribution in [0.5, 0.6) is 0 Å². The predicted octanol–water partition coefficient (Wildman–Crippen LogP) is 1.71. The zero-order valence-corrected chi connectivity index (χ0v) is 14.1. The highest BCUT2D eigenvalue weighted by molar-refractivity contribution is 5.92. The molecule has 3 rings (SSSR count). The molecule has 0 saturated carbocycles. The first kappa shape index (κ1) is 16.7. The average molecular weight is 331 g/mol. The molecule has 7 heteroatoms. The Morgan fingerprint density at radius 1 is 1.46 bits per heavy atom. The molecular formula is C17H25N5O2. The van der Waals surface area contributed by atoms with E-state index in [1.807, 2.05) is 23.1 Å². The van der Waals surface area contributed by atoms with Gasteiger partial charge in [0.1, 0.15) is 5.76 Å². The van der Waals surface area contributed by atoms with E-state index in [4.69, 9.17) is 4.52 Å². The zero-order valence-electron chi connectivity index (χ0n) is 14.1. The molecule has 1 amide bonds. The van der Waals surface area contributed by atoms with Crippen molar-refractivity contribution in [2.75, 3.05) is 26.2 Å². The smallest absolute Gasteiger partial charge is 0.273 e. The van der Waals surface area contributed by atoms with E-state index in [0.717, 1.165) is 39.0 Å². The lowest BCUT2D eigenvalue weighted by Gasteiger charge is -2.32. The van der Waals surface area contributed by atoms with Gasteiger partial charge in [-0.2, -0.15) is 5.10 Å². The van der Waals surface area contributed by atoms with Gasteiger partial charge in [0, 0.05) is 38.1 Å². The number of nitrogens with zero attached hydrogens (tertiary/aromatic N) is 4. The number of carbonyl (C=O) groups is 1. The summed E-state index contributed by atoms with van der Waals surface area (Å²) in [6.45, 7) is 6.69. The number of amides is 1. The summed E-state index contributed by atoms with van der Waals surface area (Å²) in [5.41, 5.74) is 0.361. The quantitative estimate of drug-likeness (QED) is 0.836. The number of hydrogen-bond donors (Lipinski definition) is 1. The molecule has 0 aliphatic carbocycles. The van der Waals surface area contributed by atoms with Gasteiger partial charge < -0.3 is 14.7 Å². The van der Waals surface area contributed by atoms with Gasteiger partial charge in [-0.3, -0.25) is 9.48 Å². The number of piperidine rings is 1. The van der Waals surface area contributed by atoms with Gasteiger partial charge in [0.05, 0.1) is 0 Å². The Bertz CT molecular complexity index is 637. The van der Waals surface area contributed by atoms with Crippen molar-refractivity contribution in [3.05, 3.63) is 36.0 Å². The normalized spacial score (nSPS) is 18.6. The fraction of sp³-hybridized carbons (Fsp3) is 0.588. The van der Waals surface area contributed by atoms with E-state index >= 15 is 0 Å². The molecule has 1 fully saturated rings. The van der Waals surface area contributed by atoms with Crippen molar-refractivity contribution in [3.63, 3.8) is 0 Å². The van der Waals surface area contributed by atoms with Crippen LogP contribution in [-0.4, -0.2) is 51.9 Å². The molecule has 130 valence electrons. The van der Waals surface area contributed by atoms with Crippen LogP contribution in [0.25, 0.3) is 0 Å². The van der Waals surface area contributed by atoms with Crippen LogP contribution >= 0.6 is 0 Å². The number of rotatable bonds is 7. The predicted molar refractivity (Wildman–Crippen MR) is 89.6 cm³/mol. The van der Waals surface area contributed by atoms with Crippen LogP contribution in [0.1, 0.15) is 35.5 Å². The fourth-order valence-corrected chi connectivity index (χ4v) is 3.21. The van der Waals surface area contributed by atoms with E-state index < -0.39 is 0 Å². The minimum absolute atomic E-state index is 0.150. The molecule has 1 atom stereocenters. The molecule has 1 aliphatic rings. The van der Waals surface area contributed by atoms with Crippen molar-refractivity contribution in [1.29, 1.82) is 0 Å². The van der Waals surface area contributed by atoms with Crippen molar-refractivity contribution in [2.45, 2.75) is 32.7 Å². The molecular weight excluding hydrogens is 306 g/mol. The van der Waals surface area contributed by atoms with Crippen molar-refractivity contribution >= 4 is 5.91 Å². The highest BCUT2D eigenvalue weighted by Gasteiger charge is 2.21. The van der Waals surface area contributed by atoms with Crippen LogP contribution < -0.4 is 5.32 Å². The van der Waals surface area contributed by atoms with Crippen LogP contribution in [0.3, 0.4) is 0 Å². The molecule has 0 bridgehead atoms. The maximum absolute atomic E-state index is 12.0. The van der Waals surface area contributed by atoms with Gasteiger partial charge in [-0.1, -0.05) is 5.16 Å². The molecule has 0 spiro atoms. The summed E-state index contributed by atoms with van der Waals surface area (Å²) in [4.78, 5) is 14.5. The third-order valence-electron chi connectivity index (χ3n) is 4.44. The Balaban J connectivity index is 1.38. The summed E-state index contributed by atoms with van der Waals surface area (Å²) in [7, 11) is 0. The van der Waals surface area contributed by atoms with Crippen LogP contribution in [0.2, 0.25) is 0 Å². The minimum atomic E-state index is -0.150. The van der Waals surface area contributed by atoms with Gasteiger partial charge in [-0.25, -0.2) is 0 Å². The van der Waals surface area contributed by atoms with Crippen LogP contribution in [-0.2, 0) is 6.54 Å². The van der Waals surface area contributed by atoms with E-state index in [2.05, 4.69) is 20.5 Å². The molecule has 2 aromatic rings. The molecule has 24 heavy (non-hydrogen) atoms. The summed E-state index contributed by atoms with van der Waals surface area (Å²) in [6.07, 6.45) is 7.26. The van der Waals surface area contributed by atoms with Gasteiger partial charge in [-0.05, 0) is 51.3 Å². The second-order valence-electron chi connectivity index (χ2n) is 6.46. The van der Waals surface area contributed by atoms with Crippen molar-refractivity contribution in [1.82, 2.24) is 25.2 Å². The van der Waals surface area contributed by atoms with Gasteiger partial charge in [0.15, 0.2) is 5.69 Å². The van der Waals surface area contributed by atoms with Crippen LogP contribution in [0, 0.1) is 12.8 Å². The lowest BCUT2D eigenvalue weighted by molar-refractivity contribution is 0.0923. The maximum atomic E-state index is 12.0. The molecule has 3 heterocycles. The molecule has 0 radical (unpaired) electrons. The number of aromatic nitrogens is 3. The van der Waals surface area contributed by atoms with Gasteiger partial charge in [-0.15, -0.1) is 0 Å². The molecule has 1 aliphatic heterocycles. The summed E-state index contributed by atoms with van der Waals surface area (Å²) in [6, 6.07) is 3.62. The first-order valence-corrected chi connectivity index (χ1v) is 8.62. The van der Waals surface area contributed by atoms with Gasteiger partial charge in [0.25, 0.3) is 5.91 Å². The standard InChI is InChI=1S/C17H25N5O2/c1-14-11-16(20-24-14)17(23)18-12-15-5-2-7-21(13-15)8-4-10-22-9-3-6-19-22/h3,6,9,11,15H,2,4-5,7-8,10,12-13H2,1H3,(H,18,23). The van der Waals surface area contributed by atoms with Gasteiger partial charge >= 0.3 is 0 Å². The number of nitrogens with one attached hydrogen (secondary N) is 1. The Morgan fingerprint density at radius 2 is 2.38 bits per heavy atom. The third-order valence-corrected chi connectivity index (χ3v) is 4.44. The van der Waals surface area contributed by atoms with E-state index in [9.17, 15) is 4.79 Å². The monoisotopic (exact) mass is 331 g/mol. The highest BCUT2D eigenvalue weighted by Crippen LogP contribution is 2.16. The Hall–Kier alpha value is -2.15. The summed E-state index contributed by atoms with van der Waals surface area (Å²) < 4.78 is 6.92. The topological polar surface area (TPSA) is 76.2 Å². The Morgan fingerprint density at radius 3 is 3.12 bits per heavy atom.